The Bertz CT molecular complexity index is 962. The van der Waals surface area contributed by atoms with Crippen LogP contribution in [0.3, 0.4) is 0 Å². The van der Waals surface area contributed by atoms with Gasteiger partial charge in [-0.05, 0) is 36.8 Å². The van der Waals surface area contributed by atoms with E-state index in [4.69, 9.17) is 0 Å². The maximum atomic E-state index is 13.6. The fourth-order valence-corrected chi connectivity index (χ4v) is 2.53. The highest BCUT2D eigenvalue weighted by molar-refractivity contribution is 6.46. The van der Waals surface area contributed by atoms with Gasteiger partial charge in [0, 0.05) is 18.8 Å². The first-order valence-corrected chi connectivity index (χ1v) is 7.95. The Morgan fingerprint density at radius 2 is 1.77 bits per heavy atom. The molecule has 0 radical (unpaired) electrons. The molecule has 6 heteroatoms. The van der Waals surface area contributed by atoms with E-state index in [1.807, 2.05) is 31.2 Å². The fourth-order valence-electron chi connectivity index (χ4n) is 2.53. The van der Waals surface area contributed by atoms with Crippen LogP contribution in [0.1, 0.15) is 21.6 Å². The average molecular weight is 354 g/mol. The van der Waals surface area contributed by atoms with Crippen molar-refractivity contribution in [2.24, 2.45) is 0 Å². The van der Waals surface area contributed by atoms with Crippen molar-refractivity contribution in [2.45, 2.75) is 13.5 Å². The van der Waals surface area contributed by atoms with Crippen LogP contribution in [0.5, 0.6) is 0 Å². The van der Waals surface area contributed by atoms with Gasteiger partial charge in [-0.25, -0.2) is 8.78 Å². The number of nitrogens with zero attached hydrogens (tertiary/aromatic N) is 1. The summed E-state index contributed by atoms with van der Waals surface area (Å²) in [6, 6.07) is 13.7. The fraction of sp³-hybridized carbons (Fsp3) is 0.100. The molecule has 0 aliphatic carbocycles. The average Bonchev–Trinajstić information content (AvgIpc) is 3.06. The predicted octanol–water partition coefficient (Wildman–Crippen LogP) is 3.94. The monoisotopic (exact) mass is 354 g/mol. The Morgan fingerprint density at radius 1 is 1.04 bits per heavy atom. The van der Waals surface area contributed by atoms with Crippen molar-refractivity contribution in [1.82, 2.24) is 4.57 Å². The summed E-state index contributed by atoms with van der Waals surface area (Å²) in [5, 5.41) is 2.18. The molecule has 0 saturated carbocycles. The number of amides is 1. The first kappa shape index (κ1) is 17.5. The van der Waals surface area contributed by atoms with Crippen LogP contribution >= 0.6 is 0 Å². The van der Waals surface area contributed by atoms with Crippen molar-refractivity contribution in [3.05, 3.63) is 89.2 Å². The van der Waals surface area contributed by atoms with Crippen LogP contribution in [0, 0.1) is 18.6 Å². The maximum Gasteiger partial charge on any atom is 0.298 e. The Morgan fingerprint density at radius 3 is 2.46 bits per heavy atom. The highest BCUT2D eigenvalue weighted by Gasteiger charge is 2.21. The van der Waals surface area contributed by atoms with Gasteiger partial charge in [-0.15, -0.1) is 0 Å². The van der Waals surface area contributed by atoms with Gasteiger partial charge in [0.1, 0.15) is 11.6 Å². The zero-order valence-corrected chi connectivity index (χ0v) is 14.0. The molecule has 3 rings (SSSR count). The first-order chi connectivity index (χ1) is 12.4. The third kappa shape index (κ3) is 3.85. The van der Waals surface area contributed by atoms with Crippen molar-refractivity contribution >= 4 is 17.4 Å². The molecule has 1 amide bonds. The van der Waals surface area contributed by atoms with Crippen LogP contribution in [-0.4, -0.2) is 16.3 Å². The minimum atomic E-state index is -0.987. The van der Waals surface area contributed by atoms with E-state index in [0.29, 0.717) is 12.6 Å². The summed E-state index contributed by atoms with van der Waals surface area (Å²) in [6.45, 7) is 2.40. The van der Waals surface area contributed by atoms with E-state index in [9.17, 15) is 18.4 Å². The largest absolute Gasteiger partial charge is 0.340 e. The van der Waals surface area contributed by atoms with Gasteiger partial charge in [0.25, 0.3) is 11.7 Å². The second-order valence-corrected chi connectivity index (χ2v) is 5.91. The van der Waals surface area contributed by atoms with E-state index >= 15 is 0 Å². The standard InChI is InChI=1S/C20H16F2N2O2/c1-13-4-6-14(7-5-13)12-24-10-2-3-18(24)19(25)20(26)23-17-9-8-15(21)11-16(17)22/h2-11H,12H2,1H3,(H,23,26). The van der Waals surface area contributed by atoms with Gasteiger partial charge in [-0.2, -0.15) is 0 Å². The topological polar surface area (TPSA) is 51.1 Å². The Labute approximate surface area is 149 Å². The third-order valence-corrected chi connectivity index (χ3v) is 3.92. The van der Waals surface area contributed by atoms with Gasteiger partial charge < -0.3 is 9.88 Å². The number of halogens is 2. The molecule has 1 heterocycles. The number of nitrogens with one attached hydrogen (secondary N) is 1. The number of aryl methyl sites for hydroxylation is 1. The number of anilines is 1. The van der Waals surface area contributed by atoms with E-state index < -0.39 is 23.3 Å². The lowest BCUT2D eigenvalue weighted by Crippen LogP contribution is -2.25. The normalized spacial score (nSPS) is 10.6. The van der Waals surface area contributed by atoms with Gasteiger partial charge in [0.15, 0.2) is 0 Å². The number of Topliss-reactive ketones (excluding diaryl/α,β-unsaturated/α-hetero) is 1. The van der Waals surface area contributed by atoms with Crippen LogP contribution in [0.25, 0.3) is 0 Å². The molecular formula is C20H16F2N2O2. The second-order valence-electron chi connectivity index (χ2n) is 5.91. The molecule has 0 aliphatic rings. The smallest absolute Gasteiger partial charge is 0.298 e. The highest BCUT2D eigenvalue weighted by atomic mass is 19.1. The first-order valence-electron chi connectivity index (χ1n) is 7.95. The quantitative estimate of drug-likeness (QED) is 0.557. The molecule has 0 fully saturated rings. The molecule has 0 saturated heterocycles. The van der Waals surface area contributed by atoms with Crippen molar-refractivity contribution < 1.29 is 18.4 Å². The molecule has 3 aromatic rings. The number of carbonyl (C=O) groups excluding carboxylic acids is 2. The number of hydrogen-bond acceptors (Lipinski definition) is 2. The van der Waals surface area contributed by atoms with E-state index in [0.717, 1.165) is 23.3 Å². The number of aromatic nitrogens is 1. The number of ketones is 1. The molecule has 26 heavy (non-hydrogen) atoms. The Hall–Kier alpha value is -3.28. The van der Waals surface area contributed by atoms with Crippen LogP contribution in [0.15, 0.2) is 60.8 Å². The molecule has 0 spiro atoms. The van der Waals surface area contributed by atoms with Gasteiger partial charge in [0.2, 0.25) is 0 Å². The third-order valence-electron chi connectivity index (χ3n) is 3.92. The Balaban J connectivity index is 1.76. The van der Waals surface area contributed by atoms with E-state index in [2.05, 4.69) is 5.32 Å². The van der Waals surface area contributed by atoms with E-state index in [1.165, 1.54) is 6.07 Å². The molecule has 0 bridgehead atoms. The highest BCUT2D eigenvalue weighted by Crippen LogP contribution is 2.16. The second kappa shape index (κ2) is 7.31. The Kier molecular flexibility index (Phi) is 4.93. The van der Waals surface area contributed by atoms with Crippen molar-refractivity contribution in [3.63, 3.8) is 0 Å². The summed E-state index contributed by atoms with van der Waals surface area (Å²) in [7, 11) is 0. The minimum absolute atomic E-state index is 0.186. The zero-order chi connectivity index (χ0) is 18.7. The van der Waals surface area contributed by atoms with E-state index in [-0.39, 0.29) is 11.4 Å². The van der Waals surface area contributed by atoms with Crippen LogP contribution in [0.2, 0.25) is 0 Å². The molecule has 1 aromatic heterocycles. The summed E-state index contributed by atoms with van der Waals surface area (Å²) >= 11 is 0. The van der Waals surface area contributed by atoms with Crippen molar-refractivity contribution in [1.29, 1.82) is 0 Å². The van der Waals surface area contributed by atoms with Crippen molar-refractivity contribution in [2.75, 3.05) is 5.32 Å². The summed E-state index contributed by atoms with van der Waals surface area (Å²) in [5.74, 6) is -3.50. The lowest BCUT2D eigenvalue weighted by molar-refractivity contribution is -0.112. The number of hydrogen-bond donors (Lipinski definition) is 1. The number of rotatable bonds is 5. The summed E-state index contributed by atoms with van der Waals surface area (Å²) in [4.78, 5) is 24.6. The SMILES string of the molecule is Cc1ccc(Cn2cccc2C(=O)C(=O)Nc2ccc(F)cc2F)cc1. The molecule has 4 nitrogen and oxygen atoms in total. The predicted molar refractivity (Wildman–Crippen MR) is 94.0 cm³/mol. The van der Waals surface area contributed by atoms with E-state index in [1.54, 1.807) is 16.8 Å². The molecule has 0 aliphatic heterocycles. The molecule has 2 aromatic carbocycles. The van der Waals surface area contributed by atoms with Gasteiger partial charge >= 0.3 is 0 Å². The summed E-state index contributed by atoms with van der Waals surface area (Å²) in [6.07, 6.45) is 1.69. The maximum absolute atomic E-state index is 13.6. The number of carbonyl (C=O) groups is 2. The molecular weight excluding hydrogens is 338 g/mol. The van der Waals surface area contributed by atoms with Crippen LogP contribution in [0.4, 0.5) is 14.5 Å². The minimum Gasteiger partial charge on any atom is -0.340 e. The summed E-state index contributed by atoms with van der Waals surface area (Å²) in [5.41, 5.74) is 2.04. The summed E-state index contributed by atoms with van der Waals surface area (Å²) < 4.78 is 28.2. The van der Waals surface area contributed by atoms with Gasteiger partial charge in [0.05, 0.1) is 11.4 Å². The van der Waals surface area contributed by atoms with Gasteiger partial charge in [-0.3, -0.25) is 9.59 Å². The zero-order valence-electron chi connectivity index (χ0n) is 14.0. The molecule has 1 N–H and O–H groups in total. The molecule has 132 valence electrons. The molecule has 0 atom stereocenters. The van der Waals surface area contributed by atoms with Crippen LogP contribution in [-0.2, 0) is 11.3 Å². The van der Waals surface area contributed by atoms with Gasteiger partial charge in [-0.1, -0.05) is 29.8 Å². The molecule has 0 unspecified atom stereocenters. The lowest BCUT2D eigenvalue weighted by Gasteiger charge is -2.10. The van der Waals surface area contributed by atoms with Crippen molar-refractivity contribution in [3.8, 4) is 0 Å². The lowest BCUT2D eigenvalue weighted by atomic mass is 10.1. The van der Waals surface area contributed by atoms with Crippen LogP contribution < -0.4 is 5.32 Å². The number of benzene rings is 2.